The third-order valence-electron chi connectivity index (χ3n) is 5.51. The largest absolute Gasteiger partial charge is 0.489 e. The number of anilines is 1. The molecule has 1 aromatic carbocycles. The first-order valence-electron chi connectivity index (χ1n) is 8.74. The van der Waals surface area contributed by atoms with Crippen LogP contribution in [0.25, 0.3) is 0 Å². The summed E-state index contributed by atoms with van der Waals surface area (Å²) in [7, 11) is 2.25. The fraction of sp³-hybridized carbons (Fsp3) is 0.700. The van der Waals surface area contributed by atoms with Gasteiger partial charge in [0, 0.05) is 11.1 Å². The van der Waals surface area contributed by atoms with Crippen molar-refractivity contribution < 1.29 is 4.74 Å². The molecule has 2 N–H and O–H groups in total. The van der Waals surface area contributed by atoms with Crippen LogP contribution in [-0.2, 0) is 0 Å². The van der Waals surface area contributed by atoms with E-state index in [0.29, 0.717) is 5.92 Å². The van der Waals surface area contributed by atoms with Gasteiger partial charge in [-0.3, -0.25) is 4.90 Å². The fourth-order valence-electron chi connectivity index (χ4n) is 4.11. The molecule has 2 rings (SSSR count). The summed E-state index contributed by atoms with van der Waals surface area (Å²) in [6.07, 6.45) is 2.44. The number of hydrogen-bond acceptors (Lipinski definition) is 3. The van der Waals surface area contributed by atoms with E-state index in [1.807, 2.05) is 13.8 Å². The molecule has 0 unspecified atom stereocenters. The lowest BCUT2D eigenvalue weighted by molar-refractivity contribution is -0.0129. The van der Waals surface area contributed by atoms with Gasteiger partial charge in [0.25, 0.3) is 0 Å². The number of aryl methyl sites for hydroxylation is 1. The third kappa shape index (κ3) is 3.65. The summed E-state index contributed by atoms with van der Waals surface area (Å²) in [6.45, 7) is 15.6. The van der Waals surface area contributed by atoms with Gasteiger partial charge >= 0.3 is 0 Å². The number of nitrogens with zero attached hydrogens (tertiary/aromatic N) is 1. The van der Waals surface area contributed by atoms with Gasteiger partial charge in [-0.15, -0.1) is 0 Å². The van der Waals surface area contributed by atoms with Crippen LogP contribution in [0.15, 0.2) is 12.1 Å². The Bertz CT molecular complexity index is 557. The van der Waals surface area contributed by atoms with Crippen LogP contribution in [0, 0.1) is 6.92 Å². The summed E-state index contributed by atoms with van der Waals surface area (Å²) in [5.74, 6) is 1.36. The monoisotopic (exact) mass is 318 g/mol. The summed E-state index contributed by atoms with van der Waals surface area (Å²) < 4.78 is 5.92. The Morgan fingerprint density at radius 1 is 1.13 bits per heavy atom. The van der Waals surface area contributed by atoms with Crippen molar-refractivity contribution in [2.75, 3.05) is 12.8 Å². The van der Waals surface area contributed by atoms with Crippen molar-refractivity contribution in [3.8, 4) is 5.75 Å². The quantitative estimate of drug-likeness (QED) is 0.819. The SMILES string of the molecule is Cc1cc(N)c(OC(C)C)cc1C1CC(C)(C)N(C)C(C)(C)C1. The normalized spacial score (nSPS) is 21.6. The molecular formula is C20H34N2O. The Labute approximate surface area is 142 Å². The molecule has 23 heavy (non-hydrogen) atoms. The van der Waals surface area contributed by atoms with E-state index in [9.17, 15) is 0 Å². The predicted molar refractivity (Wildman–Crippen MR) is 99.3 cm³/mol. The summed E-state index contributed by atoms with van der Waals surface area (Å²) in [6, 6.07) is 4.26. The minimum atomic E-state index is 0.137. The first-order chi connectivity index (χ1) is 10.4. The van der Waals surface area contributed by atoms with Crippen molar-refractivity contribution in [3.05, 3.63) is 23.3 Å². The molecule has 0 radical (unpaired) electrons. The zero-order valence-electron chi connectivity index (χ0n) is 16.2. The van der Waals surface area contributed by atoms with Crippen molar-refractivity contribution in [2.24, 2.45) is 0 Å². The second kappa shape index (κ2) is 6.01. The van der Waals surface area contributed by atoms with E-state index in [2.05, 4.69) is 58.7 Å². The summed E-state index contributed by atoms with van der Waals surface area (Å²) >= 11 is 0. The molecule has 3 nitrogen and oxygen atoms in total. The lowest BCUT2D eigenvalue weighted by Crippen LogP contribution is -2.58. The molecule has 1 saturated heterocycles. The van der Waals surface area contributed by atoms with Crippen molar-refractivity contribution >= 4 is 5.69 Å². The van der Waals surface area contributed by atoms with Crippen LogP contribution < -0.4 is 10.5 Å². The van der Waals surface area contributed by atoms with Gasteiger partial charge < -0.3 is 10.5 Å². The van der Waals surface area contributed by atoms with Gasteiger partial charge in [0.1, 0.15) is 5.75 Å². The number of nitrogen functional groups attached to an aromatic ring is 1. The average molecular weight is 319 g/mol. The van der Waals surface area contributed by atoms with E-state index in [1.54, 1.807) is 0 Å². The molecule has 0 atom stereocenters. The van der Waals surface area contributed by atoms with Crippen LogP contribution in [0.1, 0.15) is 71.4 Å². The van der Waals surface area contributed by atoms with Crippen LogP contribution in [0.3, 0.4) is 0 Å². The first-order valence-corrected chi connectivity index (χ1v) is 8.74. The van der Waals surface area contributed by atoms with Crippen LogP contribution in [-0.4, -0.2) is 29.1 Å². The van der Waals surface area contributed by atoms with Crippen LogP contribution >= 0.6 is 0 Å². The van der Waals surface area contributed by atoms with Crippen molar-refractivity contribution in [1.82, 2.24) is 4.90 Å². The van der Waals surface area contributed by atoms with E-state index in [0.717, 1.165) is 24.3 Å². The third-order valence-corrected chi connectivity index (χ3v) is 5.51. The zero-order chi connectivity index (χ0) is 17.6. The molecule has 1 aliphatic heterocycles. The molecule has 1 aromatic rings. The minimum Gasteiger partial charge on any atom is -0.489 e. The zero-order valence-corrected chi connectivity index (χ0v) is 16.2. The number of ether oxygens (including phenoxy) is 1. The Kier molecular flexibility index (Phi) is 4.74. The highest BCUT2D eigenvalue weighted by Crippen LogP contribution is 2.46. The number of piperidine rings is 1. The molecule has 1 fully saturated rings. The maximum Gasteiger partial charge on any atom is 0.142 e. The Hall–Kier alpha value is -1.22. The lowest BCUT2D eigenvalue weighted by Gasteiger charge is -2.54. The van der Waals surface area contributed by atoms with Crippen LogP contribution in [0.4, 0.5) is 5.69 Å². The summed E-state index contributed by atoms with van der Waals surface area (Å²) in [5, 5.41) is 0. The smallest absolute Gasteiger partial charge is 0.142 e. The van der Waals surface area contributed by atoms with E-state index in [4.69, 9.17) is 10.5 Å². The van der Waals surface area contributed by atoms with Gasteiger partial charge in [-0.2, -0.15) is 0 Å². The van der Waals surface area contributed by atoms with Crippen molar-refractivity contribution in [3.63, 3.8) is 0 Å². The summed E-state index contributed by atoms with van der Waals surface area (Å²) in [4.78, 5) is 2.52. The second-order valence-corrected chi connectivity index (χ2v) is 8.70. The van der Waals surface area contributed by atoms with Gasteiger partial charge in [0.15, 0.2) is 0 Å². The highest BCUT2D eigenvalue weighted by atomic mass is 16.5. The molecular weight excluding hydrogens is 284 g/mol. The molecule has 130 valence electrons. The molecule has 0 aromatic heterocycles. The lowest BCUT2D eigenvalue weighted by atomic mass is 9.71. The number of rotatable bonds is 3. The van der Waals surface area contributed by atoms with Gasteiger partial charge in [0.2, 0.25) is 0 Å². The van der Waals surface area contributed by atoms with E-state index in [1.165, 1.54) is 11.1 Å². The number of hydrogen-bond donors (Lipinski definition) is 1. The Balaban J connectivity index is 2.41. The molecule has 0 aliphatic carbocycles. The van der Waals surface area contributed by atoms with Gasteiger partial charge in [0.05, 0.1) is 11.8 Å². The molecule has 1 heterocycles. The molecule has 0 bridgehead atoms. The topological polar surface area (TPSA) is 38.5 Å². The number of benzene rings is 1. The first kappa shape index (κ1) is 18.1. The van der Waals surface area contributed by atoms with E-state index >= 15 is 0 Å². The Morgan fingerprint density at radius 2 is 1.65 bits per heavy atom. The maximum absolute atomic E-state index is 6.16. The van der Waals surface area contributed by atoms with Crippen LogP contribution in [0.5, 0.6) is 5.75 Å². The van der Waals surface area contributed by atoms with Crippen molar-refractivity contribution in [1.29, 1.82) is 0 Å². The molecule has 0 amide bonds. The van der Waals surface area contributed by atoms with Gasteiger partial charge in [-0.1, -0.05) is 0 Å². The standard InChI is InChI=1S/C20H34N2O/c1-13(2)23-18-10-16(14(3)9-17(18)21)15-11-19(4,5)22(8)20(6,7)12-15/h9-10,13,15H,11-12,21H2,1-8H3. The summed E-state index contributed by atoms with van der Waals surface area (Å²) in [5.41, 5.74) is 9.94. The van der Waals surface area contributed by atoms with E-state index in [-0.39, 0.29) is 17.2 Å². The minimum absolute atomic E-state index is 0.137. The molecule has 0 spiro atoms. The number of likely N-dealkylation sites (tertiary alicyclic amines) is 1. The molecule has 3 heteroatoms. The Morgan fingerprint density at radius 3 is 2.13 bits per heavy atom. The predicted octanol–water partition coefficient (Wildman–Crippen LogP) is 4.73. The molecule has 0 saturated carbocycles. The van der Waals surface area contributed by atoms with E-state index < -0.39 is 0 Å². The van der Waals surface area contributed by atoms with Crippen molar-refractivity contribution in [2.45, 2.75) is 84.4 Å². The van der Waals surface area contributed by atoms with Crippen LogP contribution in [0.2, 0.25) is 0 Å². The molecule has 1 aliphatic rings. The maximum atomic E-state index is 6.16. The highest BCUT2D eigenvalue weighted by molar-refractivity contribution is 5.57. The highest BCUT2D eigenvalue weighted by Gasteiger charge is 2.43. The second-order valence-electron chi connectivity index (χ2n) is 8.70. The fourth-order valence-corrected chi connectivity index (χ4v) is 4.11. The van der Waals surface area contributed by atoms with Gasteiger partial charge in [-0.25, -0.2) is 0 Å². The number of nitrogens with two attached hydrogens (primary N) is 1. The van der Waals surface area contributed by atoms with Gasteiger partial charge in [-0.05, 0) is 97.5 Å². The average Bonchev–Trinajstić information content (AvgIpc) is 2.38.